The third-order valence-electron chi connectivity index (χ3n) is 5.23. The maximum absolute atomic E-state index is 11.9. The normalized spacial score (nSPS) is 11.7. The number of nitrogens with one attached hydrogen (secondary N) is 1. The van der Waals surface area contributed by atoms with Crippen LogP contribution in [0.2, 0.25) is 0 Å². The molecular weight excluding hydrogens is 422 g/mol. The van der Waals surface area contributed by atoms with Gasteiger partial charge in [0.2, 0.25) is 0 Å². The number of hydrogen-bond acceptors (Lipinski definition) is 7. The first-order valence-corrected chi connectivity index (χ1v) is 10.3. The summed E-state index contributed by atoms with van der Waals surface area (Å²) in [5.74, 6) is -0.388. The molecule has 8 nitrogen and oxygen atoms in total. The molecule has 3 aromatic carbocycles. The van der Waals surface area contributed by atoms with Gasteiger partial charge in [0.15, 0.2) is 0 Å². The van der Waals surface area contributed by atoms with Crippen LogP contribution in [0.25, 0.3) is 10.9 Å². The van der Waals surface area contributed by atoms with Gasteiger partial charge in [-0.3, -0.25) is 15.1 Å². The van der Waals surface area contributed by atoms with Crippen molar-refractivity contribution in [1.29, 1.82) is 0 Å². The third kappa shape index (κ3) is 4.59. The SMILES string of the molecule is CCOC(=O)c1ccc(NC(c2ccc([N+](=O)[O-])cc2)c2ccc3cccnc3c2O)cc1. The van der Waals surface area contributed by atoms with Crippen LogP contribution in [0.5, 0.6) is 5.75 Å². The van der Waals surface area contributed by atoms with E-state index >= 15 is 0 Å². The fourth-order valence-electron chi connectivity index (χ4n) is 3.59. The van der Waals surface area contributed by atoms with Crippen LogP contribution in [-0.2, 0) is 4.74 Å². The van der Waals surface area contributed by atoms with Gasteiger partial charge in [-0.2, -0.15) is 0 Å². The molecule has 1 aromatic heterocycles. The molecule has 4 rings (SSSR count). The molecule has 0 aliphatic rings. The second-order valence-electron chi connectivity index (χ2n) is 7.30. The second kappa shape index (κ2) is 9.35. The lowest BCUT2D eigenvalue weighted by Gasteiger charge is -2.22. The zero-order chi connectivity index (χ0) is 23.4. The Kier molecular flexibility index (Phi) is 6.17. The number of ether oxygens (including phenoxy) is 1. The van der Waals surface area contributed by atoms with Crippen molar-refractivity contribution in [3.8, 4) is 5.75 Å². The van der Waals surface area contributed by atoms with Crippen molar-refractivity contribution in [3.63, 3.8) is 0 Å². The predicted molar refractivity (Wildman–Crippen MR) is 124 cm³/mol. The number of nitrogens with zero attached hydrogens (tertiary/aromatic N) is 2. The number of nitro benzene ring substituents is 1. The highest BCUT2D eigenvalue weighted by atomic mass is 16.6. The summed E-state index contributed by atoms with van der Waals surface area (Å²) >= 11 is 0. The molecule has 0 bridgehead atoms. The highest BCUT2D eigenvalue weighted by Gasteiger charge is 2.21. The van der Waals surface area contributed by atoms with E-state index < -0.39 is 16.9 Å². The van der Waals surface area contributed by atoms with Crippen molar-refractivity contribution in [1.82, 2.24) is 4.98 Å². The topological polar surface area (TPSA) is 115 Å². The van der Waals surface area contributed by atoms with Gasteiger partial charge in [-0.25, -0.2) is 4.79 Å². The van der Waals surface area contributed by atoms with Crippen LogP contribution in [-0.4, -0.2) is 27.6 Å². The minimum Gasteiger partial charge on any atom is -0.505 e. The van der Waals surface area contributed by atoms with Crippen molar-refractivity contribution >= 4 is 28.2 Å². The fraction of sp³-hybridized carbons (Fsp3) is 0.120. The number of carbonyl (C=O) groups is 1. The zero-order valence-corrected chi connectivity index (χ0v) is 17.8. The number of carbonyl (C=O) groups excluding carboxylic acids is 1. The van der Waals surface area contributed by atoms with Crippen LogP contribution >= 0.6 is 0 Å². The van der Waals surface area contributed by atoms with Gasteiger partial charge in [0, 0.05) is 35.0 Å². The molecule has 4 aromatic rings. The van der Waals surface area contributed by atoms with E-state index in [1.165, 1.54) is 12.1 Å². The maximum atomic E-state index is 11.9. The highest BCUT2D eigenvalue weighted by molar-refractivity contribution is 5.90. The van der Waals surface area contributed by atoms with E-state index in [0.717, 1.165) is 5.39 Å². The summed E-state index contributed by atoms with van der Waals surface area (Å²) in [6.45, 7) is 2.03. The Bertz CT molecular complexity index is 1300. The highest BCUT2D eigenvalue weighted by Crippen LogP contribution is 2.37. The molecule has 1 atom stereocenters. The molecule has 166 valence electrons. The van der Waals surface area contributed by atoms with Crippen LogP contribution in [0.15, 0.2) is 79.0 Å². The quantitative estimate of drug-likeness (QED) is 0.228. The Morgan fingerprint density at radius 1 is 1.09 bits per heavy atom. The molecule has 0 spiro atoms. The molecule has 1 unspecified atom stereocenters. The lowest BCUT2D eigenvalue weighted by molar-refractivity contribution is -0.384. The van der Waals surface area contributed by atoms with Crippen molar-refractivity contribution in [3.05, 3.63) is 106 Å². The third-order valence-corrected chi connectivity index (χ3v) is 5.23. The molecule has 0 fully saturated rings. The molecule has 8 heteroatoms. The maximum Gasteiger partial charge on any atom is 0.338 e. The number of phenolic OH excluding ortho intramolecular Hbond substituents is 1. The number of rotatable bonds is 7. The summed E-state index contributed by atoms with van der Waals surface area (Å²) in [5.41, 5.74) is 2.81. The standard InChI is InChI=1S/C25H21N3O5/c1-2-33-25(30)18-5-10-19(11-6-18)27-22(17-7-12-20(13-8-17)28(31)32)21-14-9-16-4-3-15-26-23(16)24(21)29/h3-15,22,27,29H,2H2,1H3. The van der Waals surface area contributed by atoms with Gasteiger partial charge in [0.1, 0.15) is 11.3 Å². The van der Waals surface area contributed by atoms with Gasteiger partial charge in [0.05, 0.1) is 23.1 Å². The summed E-state index contributed by atoms with van der Waals surface area (Å²) in [6.07, 6.45) is 1.61. The summed E-state index contributed by atoms with van der Waals surface area (Å²) < 4.78 is 5.02. The van der Waals surface area contributed by atoms with Gasteiger partial charge >= 0.3 is 5.97 Å². The van der Waals surface area contributed by atoms with Crippen LogP contribution in [0.4, 0.5) is 11.4 Å². The molecule has 0 saturated carbocycles. The molecular formula is C25H21N3O5. The van der Waals surface area contributed by atoms with Crippen molar-refractivity contribution < 1.29 is 19.6 Å². The Morgan fingerprint density at radius 3 is 2.48 bits per heavy atom. The number of nitro groups is 1. The van der Waals surface area contributed by atoms with Crippen LogP contribution < -0.4 is 5.32 Å². The van der Waals surface area contributed by atoms with Gasteiger partial charge in [0.25, 0.3) is 5.69 Å². The average molecular weight is 443 g/mol. The lowest BCUT2D eigenvalue weighted by atomic mass is 9.95. The molecule has 0 aliphatic carbocycles. The Labute approximate surface area is 189 Å². The molecule has 33 heavy (non-hydrogen) atoms. The number of aromatic hydroxyl groups is 1. The van der Waals surface area contributed by atoms with E-state index in [4.69, 9.17) is 4.74 Å². The van der Waals surface area contributed by atoms with E-state index in [1.807, 2.05) is 12.1 Å². The summed E-state index contributed by atoms with van der Waals surface area (Å²) in [6, 6.07) is 19.7. The van der Waals surface area contributed by atoms with Crippen LogP contribution in [0.1, 0.15) is 34.5 Å². The molecule has 0 amide bonds. The minimum atomic E-state index is -0.536. The number of fused-ring (bicyclic) bond motifs is 1. The largest absolute Gasteiger partial charge is 0.505 e. The van der Waals surface area contributed by atoms with E-state index in [9.17, 15) is 20.0 Å². The monoisotopic (exact) mass is 443 g/mol. The molecule has 0 aliphatic heterocycles. The second-order valence-corrected chi connectivity index (χ2v) is 7.30. The van der Waals surface area contributed by atoms with Crippen LogP contribution in [0, 0.1) is 10.1 Å². The lowest BCUT2D eigenvalue weighted by Crippen LogP contribution is -2.13. The average Bonchev–Trinajstić information content (AvgIpc) is 2.84. The van der Waals surface area contributed by atoms with Crippen molar-refractivity contribution in [2.75, 3.05) is 11.9 Å². The van der Waals surface area contributed by atoms with Crippen molar-refractivity contribution in [2.45, 2.75) is 13.0 Å². The first kappa shape index (κ1) is 21.8. The number of non-ortho nitro benzene ring substituents is 1. The first-order valence-electron chi connectivity index (χ1n) is 10.3. The van der Waals surface area contributed by atoms with E-state index in [1.54, 1.807) is 61.7 Å². The van der Waals surface area contributed by atoms with Crippen molar-refractivity contribution in [2.24, 2.45) is 0 Å². The van der Waals surface area contributed by atoms with Crippen LogP contribution in [0.3, 0.4) is 0 Å². The smallest absolute Gasteiger partial charge is 0.338 e. The summed E-state index contributed by atoms with van der Waals surface area (Å²) in [5, 5.41) is 26.2. The Morgan fingerprint density at radius 2 is 1.82 bits per heavy atom. The fourth-order valence-corrected chi connectivity index (χ4v) is 3.59. The number of pyridine rings is 1. The molecule has 2 N–H and O–H groups in total. The number of esters is 1. The van der Waals surface area contributed by atoms with Gasteiger partial charge in [-0.15, -0.1) is 0 Å². The minimum absolute atomic E-state index is 0.0205. The first-order chi connectivity index (χ1) is 16.0. The van der Waals surface area contributed by atoms with Gasteiger partial charge < -0.3 is 15.2 Å². The van der Waals surface area contributed by atoms with E-state index in [2.05, 4.69) is 10.3 Å². The molecule has 0 radical (unpaired) electrons. The predicted octanol–water partition coefficient (Wildman–Crippen LogP) is 5.23. The van der Waals surface area contributed by atoms with E-state index in [-0.39, 0.29) is 18.0 Å². The van der Waals surface area contributed by atoms with Gasteiger partial charge in [-0.1, -0.05) is 18.2 Å². The van der Waals surface area contributed by atoms with E-state index in [0.29, 0.717) is 27.9 Å². The number of phenols is 1. The van der Waals surface area contributed by atoms with Gasteiger partial charge in [-0.05, 0) is 55.0 Å². The molecule has 0 saturated heterocycles. The number of hydrogen-bond donors (Lipinski definition) is 2. The number of benzene rings is 3. The zero-order valence-electron chi connectivity index (χ0n) is 17.8. The Hall–Kier alpha value is -4.46. The number of aromatic nitrogens is 1. The number of anilines is 1. The summed E-state index contributed by atoms with van der Waals surface area (Å²) in [7, 11) is 0. The Balaban J connectivity index is 1.74. The molecule has 1 heterocycles. The summed E-state index contributed by atoms with van der Waals surface area (Å²) in [4.78, 5) is 26.9.